The summed E-state index contributed by atoms with van der Waals surface area (Å²) in [6, 6.07) is 0. The first-order valence-corrected chi connectivity index (χ1v) is 5.88. The van der Waals surface area contributed by atoms with E-state index in [9.17, 15) is 0 Å². The fourth-order valence-electron chi connectivity index (χ4n) is 1.92. The molecule has 82 valence electrons. The number of hydrogen-bond acceptors (Lipinski definition) is 3. The molecule has 1 atom stereocenters. The average Bonchev–Trinajstić information content (AvgIpc) is 2.82. The van der Waals surface area contributed by atoms with Crippen LogP contribution in [0.3, 0.4) is 0 Å². The topological polar surface area (TPSA) is 29.0 Å². The standard InChI is InChI=1S/C12H19N3/c1-3-10(2)11-8-13-9-12(14-11)15-6-4-5-7-15/h8-10H,3-7H2,1-2H3. The molecule has 0 aromatic carbocycles. The summed E-state index contributed by atoms with van der Waals surface area (Å²) in [6.07, 6.45) is 7.48. The van der Waals surface area contributed by atoms with Gasteiger partial charge in [-0.25, -0.2) is 4.98 Å². The van der Waals surface area contributed by atoms with Gasteiger partial charge in [0.1, 0.15) is 5.82 Å². The van der Waals surface area contributed by atoms with Crippen LogP contribution in [-0.4, -0.2) is 23.1 Å². The fraction of sp³-hybridized carbons (Fsp3) is 0.667. The fourth-order valence-corrected chi connectivity index (χ4v) is 1.92. The zero-order chi connectivity index (χ0) is 10.7. The molecule has 1 unspecified atom stereocenters. The molecule has 1 aromatic heterocycles. The van der Waals surface area contributed by atoms with Crippen LogP contribution in [0.4, 0.5) is 5.82 Å². The van der Waals surface area contributed by atoms with Crippen LogP contribution in [0.1, 0.15) is 44.7 Å². The van der Waals surface area contributed by atoms with Gasteiger partial charge < -0.3 is 4.90 Å². The van der Waals surface area contributed by atoms with Crippen molar-refractivity contribution in [3.63, 3.8) is 0 Å². The molecule has 0 N–H and O–H groups in total. The van der Waals surface area contributed by atoms with Crippen LogP contribution >= 0.6 is 0 Å². The summed E-state index contributed by atoms with van der Waals surface area (Å²) in [6.45, 7) is 6.67. The highest BCUT2D eigenvalue weighted by Crippen LogP contribution is 2.21. The van der Waals surface area contributed by atoms with Gasteiger partial charge in [0.2, 0.25) is 0 Å². The lowest BCUT2D eigenvalue weighted by molar-refractivity contribution is 0.699. The minimum absolute atomic E-state index is 0.514. The Labute approximate surface area is 91.5 Å². The Bertz CT molecular complexity index is 318. The average molecular weight is 205 g/mol. The van der Waals surface area contributed by atoms with E-state index in [1.54, 1.807) is 0 Å². The van der Waals surface area contributed by atoms with Gasteiger partial charge in [-0.3, -0.25) is 4.98 Å². The molecule has 1 fully saturated rings. The Morgan fingerprint density at radius 1 is 1.33 bits per heavy atom. The molecule has 0 aliphatic carbocycles. The van der Waals surface area contributed by atoms with Crippen molar-refractivity contribution in [3.8, 4) is 0 Å². The molecule has 15 heavy (non-hydrogen) atoms. The molecule has 2 rings (SSSR count). The molecule has 0 amide bonds. The van der Waals surface area contributed by atoms with Crippen LogP contribution in [0.2, 0.25) is 0 Å². The van der Waals surface area contributed by atoms with E-state index in [0.29, 0.717) is 5.92 Å². The van der Waals surface area contributed by atoms with E-state index in [-0.39, 0.29) is 0 Å². The van der Waals surface area contributed by atoms with Crippen LogP contribution in [0.5, 0.6) is 0 Å². The molecular weight excluding hydrogens is 186 g/mol. The van der Waals surface area contributed by atoms with Crippen molar-refractivity contribution >= 4 is 5.82 Å². The SMILES string of the molecule is CCC(C)c1cncc(N2CCCC2)n1. The van der Waals surface area contributed by atoms with Crippen LogP contribution in [0.15, 0.2) is 12.4 Å². The van der Waals surface area contributed by atoms with E-state index >= 15 is 0 Å². The molecule has 0 radical (unpaired) electrons. The van der Waals surface area contributed by atoms with Gasteiger partial charge in [0.25, 0.3) is 0 Å². The van der Waals surface area contributed by atoms with Gasteiger partial charge >= 0.3 is 0 Å². The predicted molar refractivity (Wildman–Crippen MR) is 62.2 cm³/mol. The second kappa shape index (κ2) is 4.60. The summed E-state index contributed by atoms with van der Waals surface area (Å²) in [5.74, 6) is 1.57. The first-order valence-electron chi connectivity index (χ1n) is 5.88. The Kier molecular flexibility index (Phi) is 3.19. The number of nitrogens with zero attached hydrogens (tertiary/aromatic N) is 3. The van der Waals surface area contributed by atoms with Crippen molar-refractivity contribution in [3.05, 3.63) is 18.1 Å². The molecule has 3 nitrogen and oxygen atoms in total. The number of anilines is 1. The molecule has 0 saturated carbocycles. The first-order chi connectivity index (χ1) is 7.31. The van der Waals surface area contributed by atoms with E-state index in [2.05, 4.69) is 28.7 Å². The minimum Gasteiger partial charge on any atom is -0.355 e. The van der Waals surface area contributed by atoms with E-state index in [1.807, 2.05) is 12.4 Å². The Balaban J connectivity index is 2.18. The molecule has 1 saturated heterocycles. The molecular formula is C12H19N3. The van der Waals surface area contributed by atoms with Gasteiger partial charge in [-0.2, -0.15) is 0 Å². The Morgan fingerprint density at radius 3 is 2.73 bits per heavy atom. The van der Waals surface area contributed by atoms with Crippen LogP contribution in [-0.2, 0) is 0 Å². The van der Waals surface area contributed by atoms with Gasteiger partial charge in [-0.1, -0.05) is 13.8 Å². The highest BCUT2D eigenvalue weighted by Gasteiger charge is 2.15. The third-order valence-electron chi connectivity index (χ3n) is 3.19. The molecule has 0 bridgehead atoms. The van der Waals surface area contributed by atoms with E-state index in [1.165, 1.54) is 12.8 Å². The highest BCUT2D eigenvalue weighted by atomic mass is 15.2. The smallest absolute Gasteiger partial charge is 0.147 e. The number of rotatable bonds is 3. The predicted octanol–water partition coefficient (Wildman–Crippen LogP) is 2.59. The molecule has 1 aliphatic heterocycles. The van der Waals surface area contributed by atoms with Crippen LogP contribution < -0.4 is 4.90 Å². The highest BCUT2D eigenvalue weighted by molar-refractivity contribution is 5.37. The second-order valence-corrected chi connectivity index (χ2v) is 4.31. The van der Waals surface area contributed by atoms with Crippen LogP contribution in [0, 0.1) is 0 Å². The summed E-state index contributed by atoms with van der Waals surface area (Å²) in [5, 5.41) is 0. The molecule has 0 spiro atoms. The lowest BCUT2D eigenvalue weighted by atomic mass is 10.1. The number of hydrogen-bond donors (Lipinski definition) is 0. The first kappa shape index (κ1) is 10.4. The van der Waals surface area contributed by atoms with Crippen molar-refractivity contribution in [2.24, 2.45) is 0 Å². The van der Waals surface area contributed by atoms with Crippen LogP contribution in [0.25, 0.3) is 0 Å². The summed E-state index contributed by atoms with van der Waals surface area (Å²) in [5.41, 5.74) is 1.13. The van der Waals surface area contributed by atoms with Gasteiger partial charge in [0.15, 0.2) is 0 Å². The zero-order valence-corrected chi connectivity index (χ0v) is 9.61. The van der Waals surface area contributed by atoms with E-state index in [0.717, 1.165) is 31.0 Å². The maximum absolute atomic E-state index is 4.69. The third-order valence-corrected chi connectivity index (χ3v) is 3.19. The van der Waals surface area contributed by atoms with Gasteiger partial charge in [0.05, 0.1) is 11.9 Å². The van der Waals surface area contributed by atoms with Crippen molar-refractivity contribution in [2.45, 2.75) is 39.0 Å². The third kappa shape index (κ3) is 2.28. The van der Waals surface area contributed by atoms with Crippen molar-refractivity contribution < 1.29 is 0 Å². The Morgan fingerprint density at radius 2 is 2.07 bits per heavy atom. The van der Waals surface area contributed by atoms with Crippen molar-refractivity contribution in [1.82, 2.24) is 9.97 Å². The number of aromatic nitrogens is 2. The Hall–Kier alpha value is -1.12. The van der Waals surface area contributed by atoms with E-state index < -0.39 is 0 Å². The van der Waals surface area contributed by atoms with Gasteiger partial charge in [0, 0.05) is 19.3 Å². The second-order valence-electron chi connectivity index (χ2n) is 4.31. The summed E-state index contributed by atoms with van der Waals surface area (Å²) in [7, 11) is 0. The van der Waals surface area contributed by atoms with Crippen molar-refractivity contribution in [2.75, 3.05) is 18.0 Å². The maximum atomic E-state index is 4.69. The molecule has 1 aromatic rings. The van der Waals surface area contributed by atoms with Gasteiger partial charge in [-0.15, -0.1) is 0 Å². The molecule has 1 aliphatic rings. The van der Waals surface area contributed by atoms with Crippen molar-refractivity contribution in [1.29, 1.82) is 0 Å². The van der Waals surface area contributed by atoms with E-state index in [4.69, 9.17) is 0 Å². The lowest BCUT2D eigenvalue weighted by Crippen LogP contribution is -2.19. The monoisotopic (exact) mass is 205 g/mol. The largest absolute Gasteiger partial charge is 0.355 e. The summed E-state index contributed by atoms with van der Waals surface area (Å²) in [4.78, 5) is 11.3. The molecule has 2 heterocycles. The lowest BCUT2D eigenvalue weighted by Gasteiger charge is -2.17. The molecule has 3 heteroatoms. The zero-order valence-electron chi connectivity index (χ0n) is 9.61. The maximum Gasteiger partial charge on any atom is 0.147 e. The minimum atomic E-state index is 0.514. The summed E-state index contributed by atoms with van der Waals surface area (Å²) >= 11 is 0. The summed E-state index contributed by atoms with van der Waals surface area (Å²) < 4.78 is 0. The van der Waals surface area contributed by atoms with Gasteiger partial charge in [-0.05, 0) is 25.2 Å². The normalized spacial score (nSPS) is 18.1. The quantitative estimate of drug-likeness (QED) is 0.759.